The summed E-state index contributed by atoms with van der Waals surface area (Å²) in [5, 5.41) is 3.05. The first kappa shape index (κ1) is 14.9. The van der Waals surface area contributed by atoms with Crippen LogP contribution in [-0.2, 0) is 14.6 Å². The van der Waals surface area contributed by atoms with Crippen LogP contribution in [0.2, 0.25) is 0 Å². The summed E-state index contributed by atoms with van der Waals surface area (Å²) in [6.07, 6.45) is 0. The molecule has 0 unspecified atom stereocenters. The second-order valence-electron chi connectivity index (χ2n) is 3.96. The molecular weight excluding hydrogens is 214 g/mol. The molecule has 5 heteroatoms. The maximum Gasteiger partial charge on any atom is 0.151 e. The third kappa shape index (κ3) is 10.2. The molecule has 0 rings (SSSR count). The zero-order chi connectivity index (χ0) is 11.7. The molecule has 0 bridgehead atoms. The Labute approximate surface area is 93.3 Å². The van der Waals surface area contributed by atoms with Crippen LogP contribution in [0.1, 0.15) is 20.8 Å². The van der Waals surface area contributed by atoms with Gasteiger partial charge in [-0.25, -0.2) is 8.42 Å². The minimum Gasteiger partial charge on any atom is -0.380 e. The van der Waals surface area contributed by atoms with Crippen molar-refractivity contribution in [1.29, 1.82) is 0 Å². The Morgan fingerprint density at radius 3 is 2.47 bits per heavy atom. The lowest BCUT2D eigenvalue weighted by molar-refractivity contribution is 0.150. The van der Waals surface area contributed by atoms with Crippen molar-refractivity contribution in [3.63, 3.8) is 0 Å². The van der Waals surface area contributed by atoms with E-state index >= 15 is 0 Å². The summed E-state index contributed by atoms with van der Waals surface area (Å²) in [6.45, 7) is 8.34. The summed E-state index contributed by atoms with van der Waals surface area (Å²) >= 11 is 0. The van der Waals surface area contributed by atoms with Gasteiger partial charge >= 0.3 is 0 Å². The zero-order valence-electron chi connectivity index (χ0n) is 9.95. The van der Waals surface area contributed by atoms with Crippen LogP contribution in [0.5, 0.6) is 0 Å². The van der Waals surface area contributed by atoms with E-state index < -0.39 is 9.84 Å². The largest absolute Gasteiger partial charge is 0.380 e. The first-order chi connectivity index (χ1) is 6.98. The van der Waals surface area contributed by atoms with Crippen molar-refractivity contribution in [2.24, 2.45) is 5.92 Å². The summed E-state index contributed by atoms with van der Waals surface area (Å²) in [7, 11) is -2.88. The molecule has 0 atom stereocenters. The molecule has 0 aliphatic heterocycles. The van der Waals surface area contributed by atoms with Crippen LogP contribution in [-0.4, -0.2) is 46.2 Å². The first-order valence-corrected chi connectivity index (χ1v) is 7.29. The molecule has 0 heterocycles. The summed E-state index contributed by atoms with van der Waals surface area (Å²) in [4.78, 5) is 0. The van der Waals surface area contributed by atoms with Crippen LogP contribution < -0.4 is 5.32 Å². The van der Waals surface area contributed by atoms with E-state index in [1.807, 2.05) is 20.8 Å². The molecular formula is C10H23NO3S. The van der Waals surface area contributed by atoms with E-state index in [0.29, 0.717) is 26.3 Å². The summed E-state index contributed by atoms with van der Waals surface area (Å²) < 4.78 is 28.0. The quantitative estimate of drug-likeness (QED) is 0.599. The Kier molecular flexibility index (Phi) is 8.00. The highest BCUT2D eigenvalue weighted by Crippen LogP contribution is 1.99. The van der Waals surface area contributed by atoms with Gasteiger partial charge in [0.05, 0.1) is 18.1 Å². The number of hydrogen-bond donors (Lipinski definition) is 1. The average Bonchev–Trinajstić information content (AvgIpc) is 2.08. The highest BCUT2D eigenvalue weighted by Gasteiger charge is 2.11. The number of nitrogens with one attached hydrogen (secondary N) is 1. The lowest BCUT2D eigenvalue weighted by Gasteiger charge is -2.07. The predicted molar refractivity (Wildman–Crippen MR) is 62.9 cm³/mol. The number of sulfone groups is 1. The van der Waals surface area contributed by atoms with E-state index in [4.69, 9.17) is 4.74 Å². The number of ether oxygens (including phenoxy) is 1. The first-order valence-electron chi connectivity index (χ1n) is 5.47. The van der Waals surface area contributed by atoms with Crippen molar-refractivity contribution in [2.75, 3.05) is 37.8 Å². The Bertz CT molecular complexity index is 237. The van der Waals surface area contributed by atoms with Gasteiger partial charge in [-0.15, -0.1) is 0 Å². The Morgan fingerprint density at radius 2 is 1.93 bits per heavy atom. The SMILES string of the molecule is CCOCCNCCS(=O)(=O)CC(C)C. The lowest BCUT2D eigenvalue weighted by Crippen LogP contribution is -2.28. The maximum atomic E-state index is 11.5. The van der Waals surface area contributed by atoms with Gasteiger partial charge in [0.2, 0.25) is 0 Å². The van der Waals surface area contributed by atoms with Gasteiger partial charge in [0.15, 0.2) is 9.84 Å². The highest BCUT2D eigenvalue weighted by atomic mass is 32.2. The van der Waals surface area contributed by atoms with Crippen LogP contribution in [0, 0.1) is 5.92 Å². The Balaban J connectivity index is 3.50. The fraction of sp³-hybridized carbons (Fsp3) is 1.00. The van der Waals surface area contributed by atoms with Gasteiger partial charge in [0, 0.05) is 19.7 Å². The fourth-order valence-corrected chi connectivity index (χ4v) is 2.87. The van der Waals surface area contributed by atoms with E-state index in [1.165, 1.54) is 0 Å². The molecule has 0 aliphatic rings. The molecule has 0 fully saturated rings. The van der Waals surface area contributed by atoms with E-state index in [-0.39, 0.29) is 17.4 Å². The predicted octanol–water partition coefficient (Wildman–Crippen LogP) is 0.683. The molecule has 1 N–H and O–H groups in total. The van der Waals surface area contributed by atoms with Crippen molar-refractivity contribution < 1.29 is 13.2 Å². The monoisotopic (exact) mass is 237 g/mol. The molecule has 0 spiro atoms. The molecule has 0 saturated heterocycles. The van der Waals surface area contributed by atoms with Gasteiger partial charge in [-0.2, -0.15) is 0 Å². The van der Waals surface area contributed by atoms with Crippen molar-refractivity contribution in [2.45, 2.75) is 20.8 Å². The Hall–Kier alpha value is -0.130. The van der Waals surface area contributed by atoms with Crippen molar-refractivity contribution >= 4 is 9.84 Å². The van der Waals surface area contributed by atoms with Crippen LogP contribution in [0.4, 0.5) is 0 Å². The lowest BCUT2D eigenvalue weighted by atomic mass is 10.3. The number of hydrogen-bond acceptors (Lipinski definition) is 4. The standard InChI is InChI=1S/C10H23NO3S/c1-4-14-7-5-11-6-8-15(12,13)9-10(2)3/h10-11H,4-9H2,1-3H3. The summed E-state index contributed by atoms with van der Waals surface area (Å²) in [5.41, 5.74) is 0. The third-order valence-electron chi connectivity index (χ3n) is 1.80. The second kappa shape index (κ2) is 8.07. The topological polar surface area (TPSA) is 55.4 Å². The van der Waals surface area contributed by atoms with E-state index in [0.717, 1.165) is 0 Å². The van der Waals surface area contributed by atoms with Crippen LogP contribution in [0.25, 0.3) is 0 Å². The smallest absolute Gasteiger partial charge is 0.151 e. The maximum absolute atomic E-state index is 11.5. The summed E-state index contributed by atoms with van der Waals surface area (Å²) in [6, 6.07) is 0. The minimum absolute atomic E-state index is 0.207. The third-order valence-corrected chi connectivity index (χ3v) is 3.81. The summed E-state index contributed by atoms with van der Waals surface area (Å²) in [5.74, 6) is 0.704. The molecule has 0 aromatic heterocycles. The van der Waals surface area contributed by atoms with Gasteiger partial charge in [0.25, 0.3) is 0 Å². The molecule has 92 valence electrons. The average molecular weight is 237 g/mol. The highest BCUT2D eigenvalue weighted by molar-refractivity contribution is 7.91. The van der Waals surface area contributed by atoms with Crippen molar-refractivity contribution in [3.05, 3.63) is 0 Å². The second-order valence-corrected chi connectivity index (χ2v) is 6.18. The van der Waals surface area contributed by atoms with Crippen LogP contribution in [0.15, 0.2) is 0 Å². The van der Waals surface area contributed by atoms with Crippen molar-refractivity contribution in [1.82, 2.24) is 5.32 Å². The van der Waals surface area contributed by atoms with Gasteiger partial charge in [0.1, 0.15) is 0 Å². The van der Waals surface area contributed by atoms with Gasteiger partial charge in [-0.1, -0.05) is 13.8 Å². The molecule has 0 saturated carbocycles. The van der Waals surface area contributed by atoms with Crippen LogP contribution >= 0.6 is 0 Å². The van der Waals surface area contributed by atoms with E-state index in [9.17, 15) is 8.42 Å². The Morgan fingerprint density at radius 1 is 1.27 bits per heavy atom. The molecule has 4 nitrogen and oxygen atoms in total. The van der Waals surface area contributed by atoms with Crippen LogP contribution in [0.3, 0.4) is 0 Å². The molecule has 0 radical (unpaired) electrons. The fourth-order valence-electron chi connectivity index (χ4n) is 1.23. The number of rotatable bonds is 9. The zero-order valence-corrected chi connectivity index (χ0v) is 10.8. The van der Waals surface area contributed by atoms with Crippen molar-refractivity contribution in [3.8, 4) is 0 Å². The molecule has 0 aliphatic carbocycles. The van der Waals surface area contributed by atoms with E-state index in [1.54, 1.807) is 0 Å². The minimum atomic E-state index is -2.88. The molecule has 0 amide bonds. The molecule has 15 heavy (non-hydrogen) atoms. The van der Waals surface area contributed by atoms with Gasteiger partial charge in [-0.3, -0.25) is 0 Å². The van der Waals surface area contributed by atoms with Gasteiger partial charge in [-0.05, 0) is 12.8 Å². The molecule has 0 aromatic rings. The van der Waals surface area contributed by atoms with Gasteiger partial charge < -0.3 is 10.1 Å². The normalized spacial score (nSPS) is 12.3. The molecule has 0 aromatic carbocycles. The van der Waals surface area contributed by atoms with E-state index in [2.05, 4.69) is 5.32 Å².